The molecule has 3 aromatic rings. The standard InChI is InChI=1S/C21H24N4O/c1-16-4-3-5-18(12-16)24-8-10-25(11-9-24)21(26)14-17-6-7-20-19(13-17)22-15-23(20)2/h3-7,12-13,15H,8-11,14H2,1-2H3. The third-order valence-corrected chi connectivity index (χ3v) is 5.14. The Hall–Kier alpha value is -2.82. The molecule has 1 aliphatic rings. The van der Waals surface area contributed by atoms with Crippen molar-refractivity contribution >= 4 is 22.6 Å². The summed E-state index contributed by atoms with van der Waals surface area (Å²) in [6.07, 6.45) is 2.25. The molecule has 5 heteroatoms. The van der Waals surface area contributed by atoms with Gasteiger partial charge in [-0.25, -0.2) is 4.98 Å². The van der Waals surface area contributed by atoms with Crippen LogP contribution in [0.1, 0.15) is 11.1 Å². The van der Waals surface area contributed by atoms with Gasteiger partial charge in [-0.1, -0.05) is 18.2 Å². The minimum atomic E-state index is 0.198. The predicted octanol–water partition coefficient (Wildman–Crippen LogP) is 2.77. The maximum absolute atomic E-state index is 12.7. The van der Waals surface area contributed by atoms with Crippen LogP contribution in [0, 0.1) is 6.92 Å². The zero-order valence-corrected chi connectivity index (χ0v) is 15.4. The fourth-order valence-electron chi connectivity index (χ4n) is 3.62. The van der Waals surface area contributed by atoms with E-state index in [9.17, 15) is 4.79 Å². The summed E-state index contributed by atoms with van der Waals surface area (Å²) in [5.41, 5.74) is 5.58. The first-order chi connectivity index (χ1) is 12.6. The van der Waals surface area contributed by atoms with Gasteiger partial charge in [0.2, 0.25) is 5.91 Å². The number of nitrogens with zero attached hydrogens (tertiary/aromatic N) is 4. The summed E-state index contributed by atoms with van der Waals surface area (Å²) in [6.45, 7) is 5.43. The van der Waals surface area contributed by atoms with E-state index in [1.807, 2.05) is 34.7 Å². The lowest BCUT2D eigenvalue weighted by Gasteiger charge is -2.36. The van der Waals surface area contributed by atoms with Crippen molar-refractivity contribution < 1.29 is 4.79 Å². The number of aromatic nitrogens is 2. The molecule has 0 N–H and O–H groups in total. The van der Waals surface area contributed by atoms with Crippen LogP contribution in [0.5, 0.6) is 0 Å². The average molecular weight is 348 g/mol. The predicted molar refractivity (Wildman–Crippen MR) is 104 cm³/mol. The van der Waals surface area contributed by atoms with Crippen LogP contribution < -0.4 is 4.90 Å². The van der Waals surface area contributed by atoms with Crippen LogP contribution in [0.25, 0.3) is 11.0 Å². The van der Waals surface area contributed by atoms with E-state index in [0.717, 1.165) is 42.8 Å². The fraction of sp³-hybridized carbons (Fsp3) is 0.333. The van der Waals surface area contributed by atoms with Crippen molar-refractivity contribution in [2.24, 2.45) is 7.05 Å². The number of benzene rings is 2. The van der Waals surface area contributed by atoms with Gasteiger partial charge in [0.1, 0.15) is 0 Å². The number of imidazole rings is 1. The molecule has 0 unspecified atom stereocenters. The lowest BCUT2D eigenvalue weighted by Crippen LogP contribution is -2.49. The minimum absolute atomic E-state index is 0.198. The summed E-state index contributed by atoms with van der Waals surface area (Å²) in [6, 6.07) is 14.7. The van der Waals surface area contributed by atoms with Gasteiger partial charge in [-0.2, -0.15) is 0 Å². The minimum Gasteiger partial charge on any atom is -0.368 e. The van der Waals surface area contributed by atoms with Gasteiger partial charge in [0.25, 0.3) is 0 Å². The van der Waals surface area contributed by atoms with E-state index in [-0.39, 0.29) is 5.91 Å². The fourth-order valence-corrected chi connectivity index (χ4v) is 3.62. The lowest BCUT2D eigenvalue weighted by atomic mass is 10.1. The molecule has 134 valence electrons. The van der Waals surface area contributed by atoms with Crippen LogP contribution in [0.4, 0.5) is 5.69 Å². The van der Waals surface area contributed by atoms with Crippen LogP contribution in [0.3, 0.4) is 0 Å². The van der Waals surface area contributed by atoms with Gasteiger partial charge in [-0.15, -0.1) is 0 Å². The van der Waals surface area contributed by atoms with Gasteiger partial charge in [0, 0.05) is 38.9 Å². The highest BCUT2D eigenvalue weighted by Gasteiger charge is 2.21. The second-order valence-corrected chi connectivity index (χ2v) is 7.06. The monoisotopic (exact) mass is 348 g/mol. The third-order valence-electron chi connectivity index (χ3n) is 5.14. The highest BCUT2D eigenvalue weighted by molar-refractivity contribution is 5.82. The Kier molecular flexibility index (Phi) is 4.37. The molecule has 1 fully saturated rings. The first kappa shape index (κ1) is 16.6. The molecule has 2 heterocycles. The number of anilines is 1. The molecule has 1 aliphatic heterocycles. The van der Waals surface area contributed by atoms with Crippen LogP contribution in [0.15, 0.2) is 48.8 Å². The average Bonchev–Trinajstić information content (AvgIpc) is 3.02. The number of fused-ring (bicyclic) bond motifs is 1. The number of hydrogen-bond donors (Lipinski definition) is 0. The van der Waals surface area contributed by atoms with Crippen molar-refractivity contribution in [1.82, 2.24) is 14.5 Å². The summed E-state index contributed by atoms with van der Waals surface area (Å²) in [5.74, 6) is 0.198. The molecule has 0 atom stereocenters. The van der Waals surface area contributed by atoms with E-state index in [1.54, 1.807) is 6.33 Å². The molecule has 0 saturated carbocycles. The van der Waals surface area contributed by atoms with Gasteiger partial charge in [0.15, 0.2) is 0 Å². The molecule has 0 bridgehead atoms. The van der Waals surface area contributed by atoms with E-state index < -0.39 is 0 Å². The maximum Gasteiger partial charge on any atom is 0.227 e. The largest absolute Gasteiger partial charge is 0.368 e. The van der Waals surface area contributed by atoms with Crippen molar-refractivity contribution in [3.8, 4) is 0 Å². The summed E-state index contributed by atoms with van der Waals surface area (Å²) < 4.78 is 1.99. The van der Waals surface area contributed by atoms with Crippen molar-refractivity contribution in [1.29, 1.82) is 0 Å². The highest BCUT2D eigenvalue weighted by atomic mass is 16.2. The number of piperazine rings is 1. The molecule has 5 nitrogen and oxygen atoms in total. The molecule has 2 aromatic carbocycles. The summed E-state index contributed by atoms with van der Waals surface area (Å²) in [4.78, 5) is 21.4. The van der Waals surface area contributed by atoms with Gasteiger partial charge in [-0.05, 0) is 42.3 Å². The number of hydrogen-bond acceptors (Lipinski definition) is 3. The number of aryl methyl sites for hydroxylation is 2. The molecule has 1 amide bonds. The Morgan fingerprint density at radius 3 is 2.65 bits per heavy atom. The Bertz CT molecular complexity index is 938. The molecular formula is C21H24N4O. The van der Waals surface area contributed by atoms with Crippen LogP contribution in [-0.2, 0) is 18.3 Å². The van der Waals surface area contributed by atoms with Crippen molar-refractivity contribution in [2.45, 2.75) is 13.3 Å². The first-order valence-corrected chi connectivity index (χ1v) is 9.09. The SMILES string of the molecule is Cc1cccc(N2CCN(C(=O)Cc3ccc4c(c3)ncn4C)CC2)c1. The summed E-state index contributed by atoms with van der Waals surface area (Å²) in [7, 11) is 1.98. The van der Waals surface area contributed by atoms with E-state index in [0.29, 0.717) is 6.42 Å². The van der Waals surface area contributed by atoms with Crippen LogP contribution in [0.2, 0.25) is 0 Å². The van der Waals surface area contributed by atoms with Crippen molar-refractivity contribution in [3.63, 3.8) is 0 Å². The zero-order chi connectivity index (χ0) is 18.1. The molecule has 4 rings (SSSR count). The Morgan fingerprint density at radius 2 is 1.88 bits per heavy atom. The second-order valence-electron chi connectivity index (χ2n) is 7.06. The van der Waals surface area contributed by atoms with Crippen LogP contribution >= 0.6 is 0 Å². The number of carbonyl (C=O) groups is 1. The number of carbonyl (C=O) groups excluding carboxylic acids is 1. The number of rotatable bonds is 3. The van der Waals surface area contributed by atoms with E-state index in [2.05, 4.69) is 41.1 Å². The molecular weight excluding hydrogens is 324 g/mol. The summed E-state index contributed by atoms with van der Waals surface area (Å²) in [5, 5.41) is 0. The van der Waals surface area contributed by atoms with E-state index in [1.165, 1.54) is 11.3 Å². The topological polar surface area (TPSA) is 41.4 Å². The highest BCUT2D eigenvalue weighted by Crippen LogP contribution is 2.19. The van der Waals surface area contributed by atoms with Crippen molar-refractivity contribution in [2.75, 3.05) is 31.1 Å². The van der Waals surface area contributed by atoms with Crippen molar-refractivity contribution in [3.05, 3.63) is 59.9 Å². The first-order valence-electron chi connectivity index (χ1n) is 9.09. The molecule has 1 aromatic heterocycles. The van der Waals surface area contributed by atoms with Gasteiger partial charge in [0.05, 0.1) is 23.8 Å². The maximum atomic E-state index is 12.7. The van der Waals surface area contributed by atoms with Gasteiger partial charge < -0.3 is 14.4 Å². The Balaban J connectivity index is 1.38. The zero-order valence-electron chi connectivity index (χ0n) is 15.4. The molecule has 0 aliphatic carbocycles. The quantitative estimate of drug-likeness (QED) is 0.731. The van der Waals surface area contributed by atoms with Crippen LogP contribution in [-0.4, -0.2) is 46.5 Å². The molecule has 26 heavy (non-hydrogen) atoms. The number of amides is 1. The second kappa shape index (κ2) is 6.83. The van der Waals surface area contributed by atoms with Gasteiger partial charge in [-0.3, -0.25) is 4.79 Å². The van der Waals surface area contributed by atoms with E-state index in [4.69, 9.17) is 0 Å². The van der Waals surface area contributed by atoms with E-state index >= 15 is 0 Å². The molecule has 0 spiro atoms. The summed E-state index contributed by atoms with van der Waals surface area (Å²) >= 11 is 0. The normalized spacial score (nSPS) is 14.8. The lowest BCUT2D eigenvalue weighted by molar-refractivity contribution is -0.130. The van der Waals surface area contributed by atoms with Gasteiger partial charge >= 0.3 is 0 Å². The molecule has 0 radical (unpaired) electrons. The Morgan fingerprint density at radius 1 is 1.08 bits per heavy atom. The smallest absolute Gasteiger partial charge is 0.227 e. The Labute approximate surface area is 153 Å². The third kappa shape index (κ3) is 3.29. The molecule has 1 saturated heterocycles.